The maximum absolute atomic E-state index is 12.2. The van der Waals surface area contributed by atoms with Gasteiger partial charge in [0.2, 0.25) is 11.8 Å². The minimum atomic E-state index is -0.605. The summed E-state index contributed by atoms with van der Waals surface area (Å²) >= 11 is 5.86. The molecule has 0 heterocycles. The van der Waals surface area contributed by atoms with Crippen LogP contribution in [0.5, 0.6) is 0 Å². The van der Waals surface area contributed by atoms with Crippen LogP contribution in [-0.2, 0) is 9.59 Å². The molecule has 0 aliphatic heterocycles. The summed E-state index contributed by atoms with van der Waals surface area (Å²) in [5, 5.41) is 3.24. The Labute approximate surface area is 149 Å². The molecule has 0 aliphatic rings. The molecule has 0 bridgehead atoms. The van der Waals surface area contributed by atoms with Gasteiger partial charge in [-0.1, -0.05) is 37.6 Å². The Morgan fingerprint density at radius 3 is 2.22 bits per heavy atom. The van der Waals surface area contributed by atoms with E-state index < -0.39 is 6.04 Å². The van der Waals surface area contributed by atoms with Crippen LogP contribution in [0.15, 0.2) is 24.3 Å². The number of likely N-dealkylation sites (N-methyl/N-ethyl adjacent to an activating group) is 1. The second-order valence-corrected chi connectivity index (χ2v) is 6.16. The van der Waals surface area contributed by atoms with Crippen molar-refractivity contribution in [1.82, 2.24) is 10.2 Å². The average Bonchev–Trinajstić information content (AvgIpc) is 2.50. The van der Waals surface area contributed by atoms with Crippen molar-refractivity contribution < 1.29 is 9.59 Å². The Hall–Kier alpha value is -1.30. The molecule has 1 aromatic rings. The molecule has 5 nitrogen and oxygen atoms in total. The summed E-state index contributed by atoms with van der Waals surface area (Å²) < 4.78 is 0. The molecule has 7 heteroatoms. The molecule has 2 atom stereocenters. The molecule has 1 rings (SSSR count). The lowest BCUT2D eigenvalue weighted by atomic mass is 10.1. The highest BCUT2D eigenvalue weighted by molar-refractivity contribution is 6.30. The number of nitrogens with one attached hydrogen (secondary N) is 1. The predicted molar refractivity (Wildman–Crippen MR) is 95.7 cm³/mol. The van der Waals surface area contributed by atoms with Crippen molar-refractivity contribution in [2.24, 2.45) is 11.7 Å². The molecule has 0 spiro atoms. The summed E-state index contributed by atoms with van der Waals surface area (Å²) in [5.74, 6) is -0.455. The molecule has 0 saturated heterocycles. The SMILES string of the molecule is CC(C)[C@H](N)C(=O)NCC(=O)N(C)C(C)c1ccc(Cl)cc1.Cl. The summed E-state index contributed by atoms with van der Waals surface area (Å²) in [4.78, 5) is 25.5. The van der Waals surface area contributed by atoms with Crippen molar-refractivity contribution in [2.45, 2.75) is 32.9 Å². The van der Waals surface area contributed by atoms with Crippen LogP contribution in [0, 0.1) is 5.92 Å². The monoisotopic (exact) mass is 361 g/mol. The van der Waals surface area contributed by atoms with E-state index in [9.17, 15) is 9.59 Å². The minimum Gasteiger partial charge on any atom is -0.346 e. The molecule has 0 fully saturated rings. The first kappa shape index (κ1) is 21.7. The highest BCUT2D eigenvalue weighted by Crippen LogP contribution is 2.20. The van der Waals surface area contributed by atoms with Gasteiger partial charge in [-0.15, -0.1) is 12.4 Å². The van der Waals surface area contributed by atoms with E-state index in [1.807, 2.05) is 32.9 Å². The summed E-state index contributed by atoms with van der Waals surface area (Å²) in [6.07, 6.45) is 0. The first-order valence-corrected chi connectivity index (χ1v) is 7.66. The smallest absolute Gasteiger partial charge is 0.242 e. The lowest BCUT2D eigenvalue weighted by Gasteiger charge is -2.26. The van der Waals surface area contributed by atoms with Gasteiger partial charge < -0.3 is 16.0 Å². The van der Waals surface area contributed by atoms with E-state index in [0.29, 0.717) is 5.02 Å². The third-order valence-electron chi connectivity index (χ3n) is 3.76. The number of nitrogens with two attached hydrogens (primary N) is 1. The Bertz CT molecular complexity index is 521. The third kappa shape index (κ3) is 6.37. The van der Waals surface area contributed by atoms with E-state index in [0.717, 1.165) is 5.56 Å². The first-order chi connectivity index (χ1) is 10.2. The number of amides is 2. The quantitative estimate of drug-likeness (QED) is 0.816. The summed E-state index contributed by atoms with van der Waals surface area (Å²) in [6, 6.07) is 6.62. The van der Waals surface area contributed by atoms with Crippen LogP contribution >= 0.6 is 24.0 Å². The molecule has 0 saturated carbocycles. The van der Waals surface area contributed by atoms with E-state index in [4.69, 9.17) is 17.3 Å². The Balaban J connectivity index is 0.00000484. The summed E-state index contributed by atoms with van der Waals surface area (Å²) in [5.41, 5.74) is 6.72. The Morgan fingerprint density at radius 2 is 1.74 bits per heavy atom. The van der Waals surface area contributed by atoms with E-state index in [-0.39, 0.29) is 42.7 Å². The molecule has 23 heavy (non-hydrogen) atoms. The van der Waals surface area contributed by atoms with Crippen molar-refractivity contribution in [3.63, 3.8) is 0 Å². The molecule has 2 amide bonds. The van der Waals surface area contributed by atoms with Crippen molar-refractivity contribution in [3.8, 4) is 0 Å². The van der Waals surface area contributed by atoms with Gasteiger partial charge in [0.15, 0.2) is 0 Å². The molecule has 3 N–H and O–H groups in total. The Morgan fingerprint density at radius 1 is 1.22 bits per heavy atom. The number of hydrogen-bond acceptors (Lipinski definition) is 3. The molecular formula is C16H25Cl2N3O2. The average molecular weight is 362 g/mol. The van der Waals surface area contributed by atoms with Crippen LogP contribution in [-0.4, -0.2) is 36.3 Å². The lowest BCUT2D eigenvalue weighted by molar-refractivity contribution is -0.133. The second-order valence-electron chi connectivity index (χ2n) is 5.72. The van der Waals surface area contributed by atoms with Crippen LogP contribution in [0.2, 0.25) is 5.02 Å². The van der Waals surface area contributed by atoms with Crippen molar-refractivity contribution in [3.05, 3.63) is 34.9 Å². The zero-order valence-corrected chi connectivity index (χ0v) is 15.4. The predicted octanol–water partition coefficient (Wildman–Crippen LogP) is 2.38. The van der Waals surface area contributed by atoms with Crippen LogP contribution < -0.4 is 11.1 Å². The van der Waals surface area contributed by atoms with Gasteiger partial charge in [-0.3, -0.25) is 9.59 Å². The first-order valence-electron chi connectivity index (χ1n) is 7.28. The van der Waals surface area contributed by atoms with Gasteiger partial charge in [-0.2, -0.15) is 0 Å². The molecule has 1 unspecified atom stereocenters. The van der Waals surface area contributed by atoms with Crippen LogP contribution in [0.4, 0.5) is 0 Å². The third-order valence-corrected chi connectivity index (χ3v) is 4.01. The number of halogens is 2. The van der Waals surface area contributed by atoms with Gasteiger partial charge in [0.25, 0.3) is 0 Å². The van der Waals surface area contributed by atoms with Gasteiger partial charge in [-0.05, 0) is 30.5 Å². The molecule has 130 valence electrons. The highest BCUT2D eigenvalue weighted by Gasteiger charge is 2.21. The number of hydrogen-bond donors (Lipinski definition) is 2. The second kappa shape index (κ2) is 9.75. The number of carbonyl (C=O) groups is 2. The highest BCUT2D eigenvalue weighted by atomic mass is 35.5. The maximum atomic E-state index is 12.2. The molecule has 0 aromatic heterocycles. The Kier molecular flexibility index (Phi) is 9.20. The fourth-order valence-corrected chi connectivity index (χ4v) is 2.01. The van der Waals surface area contributed by atoms with E-state index in [2.05, 4.69) is 5.32 Å². The summed E-state index contributed by atoms with van der Waals surface area (Å²) in [7, 11) is 1.70. The molecular weight excluding hydrogens is 337 g/mol. The van der Waals surface area contributed by atoms with Gasteiger partial charge in [0.1, 0.15) is 0 Å². The van der Waals surface area contributed by atoms with E-state index >= 15 is 0 Å². The van der Waals surface area contributed by atoms with Gasteiger partial charge in [-0.25, -0.2) is 0 Å². The normalized spacial score (nSPS) is 13.0. The zero-order chi connectivity index (χ0) is 16.9. The number of nitrogens with zero attached hydrogens (tertiary/aromatic N) is 1. The minimum absolute atomic E-state index is 0. The number of carbonyl (C=O) groups excluding carboxylic acids is 2. The van der Waals surface area contributed by atoms with Crippen molar-refractivity contribution in [2.75, 3.05) is 13.6 Å². The lowest BCUT2D eigenvalue weighted by Crippen LogP contribution is -2.47. The van der Waals surface area contributed by atoms with Crippen molar-refractivity contribution in [1.29, 1.82) is 0 Å². The fraction of sp³-hybridized carbons (Fsp3) is 0.500. The van der Waals surface area contributed by atoms with Gasteiger partial charge in [0.05, 0.1) is 18.6 Å². The topological polar surface area (TPSA) is 75.4 Å². The largest absolute Gasteiger partial charge is 0.346 e. The number of rotatable bonds is 6. The van der Waals surface area contributed by atoms with E-state index in [1.54, 1.807) is 24.1 Å². The van der Waals surface area contributed by atoms with Gasteiger partial charge in [0, 0.05) is 12.1 Å². The fourth-order valence-electron chi connectivity index (χ4n) is 1.89. The number of benzene rings is 1. The summed E-state index contributed by atoms with van der Waals surface area (Å²) in [6.45, 7) is 5.58. The standard InChI is InChI=1S/C16H24ClN3O2.ClH/c1-10(2)15(18)16(22)19-9-14(21)20(4)11(3)12-5-7-13(17)8-6-12;/h5-8,10-11,15H,9,18H2,1-4H3,(H,19,22);1H/t11?,15-;/m0./s1. The maximum Gasteiger partial charge on any atom is 0.242 e. The van der Waals surface area contributed by atoms with Gasteiger partial charge >= 0.3 is 0 Å². The van der Waals surface area contributed by atoms with Crippen LogP contribution in [0.3, 0.4) is 0 Å². The molecule has 0 radical (unpaired) electrons. The van der Waals surface area contributed by atoms with Crippen molar-refractivity contribution >= 4 is 35.8 Å². The molecule has 1 aromatic carbocycles. The van der Waals surface area contributed by atoms with Crippen LogP contribution in [0.25, 0.3) is 0 Å². The van der Waals surface area contributed by atoms with E-state index in [1.165, 1.54) is 0 Å². The molecule has 0 aliphatic carbocycles. The zero-order valence-electron chi connectivity index (χ0n) is 13.9. The van der Waals surface area contributed by atoms with Crippen LogP contribution in [0.1, 0.15) is 32.4 Å².